The summed E-state index contributed by atoms with van der Waals surface area (Å²) in [5.74, 6) is 0.765. The Morgan fingerprint density at radius 1 is 0.333 bits per heavy atom. The number of esters is 4. The van der Waals surface area contributed by atoms with Gasteiger partial charge in [-0.25, -0.2) is 9.13 Å². The van der Waals surface area contributed by atoms with Crippen molar-refractivity contribution in [1.82, 2.24) is 0 Å². The molecule has 0 saturated heterocycles. The number of carbonyl (C=O) groups excluding carboxylic acids is 4. The summed E-state index contributed by atoms with van der Waals surface area (Å²) in [7, 11) is -9.89. The SMILES string of the molecule is CCC(C)CCCCCCCCC(=O)OC[C@H](COP(=O)(O)OC[C@@H](O)COP(=O)(O)OC[C@@H](COC(=O)CCCCCCCCC(C)C)OC(=O)CCCCCCCCC(C)CC)OC(=O)CCCCCCCCCCCCCCC(C)C. The van der Waals surface area contributed by atoms with E-state index in [1.807, 2.05) is 0 Å². The predicted octanol–water partition coefficient (Wildman–Crippen LogP) is 17.8. The zero-order valence-corrected chi connectivity index (χ0v) is 56.3. The van der Waals surface area contributed by atoms with Crippen LogP contribution in [0.15, 0.2) is 0 Å². The van der Waals surface area contributed by atoms with Gasteiger partial charge in [0.1, 0.15) is 19.3 Å². The molecule has 498 valence electrons. The van der Waals surface area contributed by atoms with Crippen LogP contribution in [0.4, 0.5) is 0 Å². The van der Waals surface area contributed by atoms with Crippen LogP contribution in [0.25, 0.3) is 0 Å². The highest BCUT2D eigenvalue weighted by Crippen LogP contribution is 2.45. The smallest absolute Gasteiger partial charge is 0.462 e. The second kappa shape index (κ2) is 55.2. The minimum atomic E-state index is -4.95. The van der Waals surface area contributed by atoms with Crippen LogP contribution < -0.4 is 0 Å². The molecule has 0 spiro atoms. The van der Waals surface area contributed by atoms with Gasteiger partial charge in [0.25, 0.3) is 0 Å². The molecule has 0 aromatic heterocycles. The van der Waals surface area contributed by atoms with E-state index in [2.05, 4.69) is 55.4 Å². The molecule has 0 rings (SSSR count). The van der Waals surface area contributed by atoms with Crippen molar-refractivity contribution in [2.24, 2.45) is 23.7 Å². The van der Waals surface area contributed by atoms with Crippen molar-refractivity contribution >= 4 is 39.5 Å². The van der Waals surface area contributed by atoms with Gasteiger partial charge in [0, 0.05) is 25.7 Å². The third kappa shape index (κ3) is 56.6. The van der Waals surface area contributed by atoms with Crippen LogP contribution in [-0.2, 0) is 65.4 Å². The molecule has 0 aliphatic carbocycles. The first kappa shape index (κ1) is 82.1. The third-order valence-corrected chi connectivity index (χ3v) is 17.4. The van der Waals surface area contributed by atoms with Gasteiger partial charge in [-0.05, 0) is 49.4 Å². The largest absolute Gasteiger partial charge is 0.472 e. The van der Waals surface area contributed by atoms with Gasteiger partial charge >= 0.3 is 39.5 Å². The van der Waals surface area contributed by atoms with Gasteiger partial charge in [0.15, 0.2) is 12.2 Å². The van der Waals surface area contributed by atoms with E-state index in [0.717, 1.165) is 120 Å². The lowest BCUT2D eigenvalue weighted by atomic mass is 10.00. The fraction of sp³-hybridized carbons (Fsp3) is 0.938. The average molecular weight is 1240 g/mol. The van der Waals surface area contributed by atoms with Crippen LogP contribution in [0.1, 0.15) is 312 Å². The Labute approximate surface area is 511 Å². The van der Waals surface area contributed by atoms with Gasteiger partial charge in [0.05, 0.1) is 26.4 Å². The molecule has 7 atom stereocenters. The number of phosphoric acid groups is 2. The highest BCUT2D eigenvalue weighted by atomic mass is 31.2. The van der Waals surface area contributed by atoms with E-state index in [-0.39, 0.29) is 25.7 Å². The Balaban J connectivity index is 5.25. The van der Waals surface area contributed by atoms with Crippen molar-refractivity contribution in [3.05, 3.63) is 0 Å². The van der Waals surface area contributed by atoms with Crippen molar-refractivity contribution in [3.63, 3.8) is 0 Å². The number of rotatable bonds is 62. The predicted molar refractivity (Wildman–Crippen MR) is 335 cm³/mol. The Bertz CT molecular complexity index is 1680. The third-order valence-electron chi connectivity index (χ3n) is 15.5. The van der Waals surface area contributed by atoms with Gasteiger partial charge < -0.3 is 33.8 Å². The quantitative estimate of drug-likeness (QED) is 0.0222. The molecule has 0 aliphatic rings. The number of hydrogen-bond acceptors (Lipinski definition) is 15. The molecule has 3 N–H and O–H groups in total. The molecular weight excluding hydrogens is 1110 g/mol. The first-order chi connectivity index (χ1) is 40.2. The molecule has 4 unspecified atom stereocenters. The van der Waals surface area contributed by atoms with Crippen LogP contribution in [0, 0.1) is 23.7 Å². The van der Waals surface area contributed by atoms with E-state index in [1.165, 1.54) is 103 Å². The molecule has 0 heterocycles. The van der Waals surface area contributed by atoms with E-state index in [0.29, 0.717) is 31.6 Å². The van der Waals surface area contributed by atoms with Crippen LogP contribution in [0.3, 0.4) is 0 Å². The van der Waals surface area contributed by atoms with E-state index in [9.17, 15) is 43.2 Å². The van der Waals surface area contributed by atoms with E-state index < -0.39 is 97.5 Å². The van der Waals surface area contributed by atoms with Crippen LogP contribution >= 0.6 is 15.6 Å². The number of phosphoric ester groups is 2. The monoisotopic (exact) mass is 1240 g/mol. The normalized spacial score (nSPS) is 15.1. The first-order valence-corrected chi connectivity index (χ1v) is 36.8. The topological polar surface area (TPSA) is 237 Å². The molecular formula is C65H126O17P2. The second-order valence-electron chi connectivity index (χ2n) is 24.9. The van der Waals surface area contributed by atoms with Gasteiger partial charge in [-0.2, -0.15) is 0 Å². The van der Waals surface area contributed by atoms with Crippen molar-refractivity contribution in [2.45, 2.75) is 331 Å². The highest BCUT2D eigenvalue weighted by Gasteiger charge is 2.30. The molecule has 0 radical (unpaired) electrons. The number of ether oxygens (including phenoxy) is 4. The van der Waals surface area contributed by atoms with E-state index >= 15 is 0 Å². The maximum Gasteiger partial charge on any atom is 0.472 e. The van der Waals surface area contributed by atoms with Gasteiger partial charge in [0.2, 0.25) is 0 Å². The number of aliphatic hydroxyl groups is 1. The first-order valence-electron chi connectivity index (χ1n) is 33.8. The standard InChI is InChI=1S/C65H126O17P2/c1-9-57(7)43-35-27-20-23-30-38-46-63(68)76-51-60(81-64(69)47-39-31-18-16-14-12-11-13-15-17-25-33-41-55(3)4)53-79-83(71,72)77-49-59(66)50-78-84(73,74)80-54-61(52-75-62(67)45-37-29-22-19-26-34-42-56(5)6)82-65(70)48-40-32-24-21-28-36-44-58(8)10-2/h55-61,66H,9-54H2,1-8H3,(H,71,72)(H,73,74)/t57?,58?,59-,60-,61-/m1/s1. The summed E-state index contributed by atoms with van der Waals surface area (Å²) >= 11 is 0. The Hall–Kier alpha value is -1.94. The fourth-order valence-electron chi connectivity index (χ4n) is 9.54. The fourth-order valence-corrected chi connectivity index (χ4v) is 11.1. The summed E-state index contributed by atoms with van der Waals surface area (Å²) in [4.78, 5) is 72.2. The maximum absolute atomic E-state index is 13.0. The van der Waals surface area contributed by atoms with E-state index in [1.54, 1.807) is 0 Å². The molecule has 19 heteroatoms. The van der Waals surface area contributed by atoms with Crippen LogP contribution in [0.5, 0.6) is 0 Å². The summed E-state index contributed by atoms with van der Waals surface area (Å²) < 4.78 is 68.0. The lowest BCUT2D eigenvalue weighted by Crippen LogP contribution is -2.30. The zero-order chi connectivity index (χ0) is 62.5. The van der Waals surface area contributed by atoms with Gasteiger partial charge in [-0.3, -0.25) is 37.3 Å². The molecule has 0 aliphatic heterocycles. The summed E-state index contributed by atoms with van der Waals surface area (Å²) in [5, 5.41) is 10.5. The molecule has 0 fully saturated rings. The minimum absolute atomic E-state index is 0.101. The molecule has 0 aromatic carbocycles. The average Bonchev–Trinajstić information content (AvgIpc) is 3.45. The summed E-state index contributed by atoms with van der Waals surface area (Å²) in [5.41, 5.74) is 0. The molecule has 0 bridgehead atoms. The molecule has 84 heavy (non-hydrogen) atoms. The van der Waals surface area contributed by atoms with Crippen molar-refractivity contribution < 1.29 is 80.2 Å². The molecule has 17 nitrogen and oxygen atoms in total. The van der Waals surface area contributed by atoms with Gasteiger partial charge in [-0.1, -0.05) is 261 Å². The van der Waals surface area contributed by atoms with Crippen LogP contribution in [0.2, 0.25) is 0 Å². The Morgan fingerprint density at radius 2 is 0.571 bits per heavy atom. The Kier molecular flexibility index (Phi) is 53.9. The summed E-state index contributed by atoms with van der Waals surface area (Å²) in [6.45, 7) is 13.9. The molecule has 0 saturated carbocycles. The Morgan fingerprint density at radius 3 is 0.845 bits per heavy atom. The maximum atomic E-state index is 13.0. The van der Waals surface area contributed by atoms with Gasteiger partial charge in [-0.15, -0.1) is 0 Å². The van der Waals surface area contributed by atoms with Crippen molar-refractivity contribution in [3.8, 4) is 0 Å². The van der Waals surface area contributed by atoms with E-state index in [4.69, 9.17) is 37.0 Å². The number of unbranched alkanes of at least 4 members (excludes halogenated alkanes) is 26. The second-order valence-corrected chi connectivity index (χ2v) is 27.8. The molecule has 0 amide bonds. The lowest BCUT2D eigenvalue weighted by molar-refractivity contribution is -0.161. The van der Waals surface area contributed by atoms with Crippen molar-refractivity contribution in [1.29, 1.82) is 0 Å². The summed E-state index contributed by atoms with van der Waals surface area (Å²) in [6.07, 6.45) is 35.0. The lowest BCUT2D eigenvalue weighted by Gasteiger charge is -2.21. The zero-order valence-electron chi connectivity index (χ0n) is 54.5. The van der Waals surface area contributed by atoms with Crippen molar-refractivity contribution in [2.75, 3.05) is 39.6 Å². The number of aliphatic hydroxyl groups excluding tert-OH is 1. The number of carbonyl (C=O) groups is 4. The highest BCUT2D eigenvalue weighted by molar-refractivity contribution is 7.47. The minimum Gasteiger partial charge on any atom is -0.462 e. The number of hydrogen-bond donors (Lipinski definition) is 3. The molecule has 0 aromatic rings. The summed E-state index contributed by atoms with van der Waals surface area (Å²) in [6, 6.07) is 0. The van der Waals surface area contributed by atoms with Crippen LogP contribution in [-0.4, -0.2) is 96.7 Å².